The topological polar surface area (TPSA) is 109 Å². The number of carbonyl (C=O) groups is 3. The second-order valence-corrected chi connectivity index (χ2v) is 7.43. The number of anilines is 1. The Kier molecular flexibility index (Phi) is 9.13. The number of halogens is 2. The smallest absolute Gasteiger partial charge is 0.329 e. The molecule has 0 aliphatic rings. The molecule has 1 atom stereocenters. The number of amides is 3. The van der Waals surface area contributed by atoms with Crippen molar-refractivity contribution >= 4 is 45.6 Å². The first-order valence-electron chi connectivity index (χ1n) is 9.40. The van der Waals surface area contributed by atoms with E-state index in [9.17, 15) is 18.8 Å². The number of hydrazone groups is 1. The zero-order chi connectivity index (χ0) is 22.8. The maximum Gasteiger partial charge on any atom is 0.329 e. The Morgan fingerprint density at radius 1 is 1.16 bits per heavy atom. The molecule has 0 saturated carbocycles. The Hall–Kier alpha value is -3.27. The molecule has 0 aromatic heterocycles. The molecule has 0 fully saturated rings. The lowest BCUT2D eigenvalue weighted by Gasteiger charge is -2.09. The van der Waals surface area contributed by atoms with Gasteiger partial charge in [-0.1, -0.05) is 22.9 Å². The molecular weight excluding hydrogens is 471 g/mol. The third-order valence-electron chi connectivity index (χ3n) is 4.03. The van der Waals surface area contributed by atoms with Gasteiger partial charge >= 0.3 is 11.8 Å². The lowest BCUT2D eigenvalue weighted by atomic mass is 10.2. The number of nitrogens with zero attached hydrogens (tertiary/aromatic N) is 1. The lowest BCUT2D eigenvalue weighted by molar-refractivity contribution is -0.139. The Morgan fingerprint density at radius 2 is 1.87 bits per heavy atom. The van der Waals surface area contributed by atoms with E-state index >= 15 is 0 Å². The first-order valence-corrected chi connectivity index (χ1v) is 10.2. The van der Waals surface area contributed by atoms with Crippen molar-refractivity contribution in [3.8, 4) is 5.75 Å². The minimum absolute atomic E-state index is 0.0586. The highest BCUT2D eigenvalue weighted by molar-refractivity contribution is 9.10. The van der Waals surface area contributed by atoms with E-state index in [-0.39, 0.29) is 18.3 Å². The van der Waals surface area contributed by atoms with Gasteiger partial charge in [-0.25, -0.2) is 9.82 Å². The summed E-state index contributed by atoms with van der Waals surface area (Å²) >= 11 is 3.14. The first kappa shape index (κ1) is 24.0. The van der Waals surface area contributed by atoms with Crippen LogP contribution in [0.5, 0.6) is 5.75 Å². The van der Waals surface area contributed by atoms with Gasteiger partial charge in [-0.05, 0) is 61.4 Å². The van der Waals surface area contributed by atoms with E-state index in [0.29, 0.717) is 22.2 Å². The molecule has 0 bridgehead atoms. The van der Waals surface area contributed by atoms with E-state index in [2.05, 4.69) is 37.1 Å². The largest absolute Gasteiger partial charge is 0.484 e. The molecule has 0 heterocycles. The summed E-state index contributed by atoms with van der Waals surface area (Å²) in [7, 11) is 0. The monoisotopic (exact) mass is 492 g/mol. The van der Waals surface area contributed by atoms with Crippen LogP contribution in [0.2, 0.25) is 0 Å². The van der Waals surface area contributed by atoms with Crippen LogP contribution >= 0.6 is 15.9 Å². The van der Waals surface area contributed by atoms with Crippen LogP contribution in [0.4, 0.5) is 10.1 Å². The number of hydrogen-bond donors (Lipinski definition) is 3. The van der Waals surface area contributed by atoms with Crippen LogP contribution in [-0.2, 0) is 14.4 Å². The van der Waals surface area contributed by atoms with Crippen LogP contribution in [0.3, 0.4) is 0 Å². The van der Waals surface area contributed by atoms with Crippen LogP contribution in [0.25, 0.3) is 0 Å². The summed E-state index contributed by atoms with van der Waals surface area (Å²) in [6.45, 7) is 3.38. The Bertz CT molecular complexity index is 966. The molecule has 31 heavy (non-hydrogen) atoms. The average molecular weight is 493 g/mol. The molecule has 0 unspecified atom stereocenters. The fourth-order valence-corrected chi connectivity index (χ4v) is 2.52. The van der Waals surface area contributed by atoms with Gasteiger partial charge in [0.1, 0.15) is 11.6 Å². The maximum absolute atomic E-state index is 13.7. The van der Waals surface area contributed by atoms with Gasteiger partial charge in [-0.15, -0.1) is 0 Å². The predicted octanol–water partition coefficient (Wildman–Crippen LogP) is 2.97. The predicted molar refractivity (Wildman–Crippen MR) is 118 cm³/mol. The van der Waals surface area contributed by atoms with Gasteiger partial charge in [0.25, 0.3) is 5.91 Å². The van der Waals surface area contributed by atoms with E-state index in [0.717, 1.165) is 0 Å². The Labute approximate surface area is 187 Å². The Morgan fingerprint density at radius 3 is 2.52 bits per heavy atom. The van der Waals surface area contributed by atoms with Gasteiger partial charge in [-0.3, -0.25) is 14.4 Å². The van der Waals surface area contributed by atoms with Crippen molar-refractivity contribution in [2.45, 2.75) is 26.3 Å². The van der Waals surface area contributed by atoms with Crippen LogP contribution in [0, 0.1) is 5.82 Å². The van der Waals surface area contributed by atoms with Gasteiger partial charge in [0, 0.05) is 10.5 Å². The zero-order valence-corrected chi connectivity index (χ0v) is 18.5. The highest BCUT2D eigenvalue weighted by Crippen LogP contribution is 2.19. The van der Waals surface area contributed by atoms with Crippen LogP contribution in [-0.4, -0.2) is 36.6 Å². The fraction of sp³-hybridized carbons (Fsp3) is 0.238. The van der Waals surface area contributed by atoms with Crippen LogP contribution < -0.4 is 20.8 Å². The second-order valence-electron chi connectivity index (χ2n) is 6.51. The number of rotatable bonds is 8. The minimum atomic E-state index is -0.857. The summed E-state index contributed by atoms with van der Waals surface area (Å²) in [6, 6.07) is 10.7. The summed E-state index contributed by atoms with van der Waals surface area (Å²) in [5.41, 5.74) is 2.84. The molecule has 164 valence electrons. The van der Waals surface area contributed by atoms with E-state index in [1.807, 2.05) is 6.92 Å². The first-order chi connectivity index (χ1) is 14.8. The van der Waals surface area contributed by atoms with Crippen molar-refractivity contribution in [1.82, 2.24) is 10.7 Å². The average Bonchev–Trinajstić information content (AvgIpc) is 2.74. The van der Waals surface area contributed by atoms with Crippen LogP contribution in [0.15, 0.2) is 52.0 Å². The number of ether oxygens (including phenoxy) is 1. The zero-order valence-electron chi connectivity index (χ0n) is 16.9. The van der Waals surface area contributed by atoms with Gasteiger partial charge in [-0.2, -0.15) is 5.10 Å². The van der Waals surface area contributed by atoms with Crippen molar-refractivity contribution in [2.75, 3.05) is 11.9 Å². The number of carbonyl (C=O) groups excluding carboxylic acids is 3. The van der Waals surface area contributed by atoms with E-state index < -0.39 is 23.5 Å². The van der Waals surface area contributed by atoms with Crippen molar-refractivity contribution < 1.29 is 23.5 Å². The van der Waals surface area contributed by atoms with E-state index in [1.54, 1.807) is 37.3 Å². The molecule has 2 aromatic rings. The van der Waals surface area contributed by atoms with Gasteiger partial charge in [0.05, 0.1) is 11.9 Å². The normalized spacial score (nSPS) is 11.6. The summed E-state index contributed by atoms with van der Waals surface area (Å²) in [4.78, 5) is 35.2. The summed E-state index contributed by atoms with van der Waals surface area (Å²) in [6.07, 6.45) is 2.07. The summed E-state index contributed by atoms with van der Waals surface area (Å²) < 4.78 is 19.7. The van der Waals surface area contributed by atoms with Gasteiger partial charge in [0.2, 0.25) is 0 Å². The van der Waals surface area contributed by atoms with Crippen LogP contribution in [0.1, 0.15) is 25.8 Å². The van der Waals surface area contributed by atoms with Crippen molar-refractivity contribution in [3.63, 3.8) is 0 Å². The minimum Gasteiger partial charge on any atom is -0.484 e. The molecule has 10 heteroatoms. The van der Waals surface area contributed by atoms with E-state index in [4.69, 9.17) is 4.74 Å². The quantitative estimate of drug-likeness (QED) is 0.299. The standard InChI is InChI=1S/C21H22BrFN4O4/c1-3-13(2)25-20(29)21(30)27-24-11-14-4-7-16(8-5-14)31-12-19(28)26-18-9-6-15(22)10-17(18)23/h4-11,13H,3,12H2,1-2H3,(H,25,29)(H,26,28)(H,27,30)/b24-11-/t13-/m1/s1. The highest BCUT2D eigenvalue weighted by Gasteiger charge is 2.14. The molecule has 0 saturated heterocycles. The van der Waals surface area contributed by atoms with Crippen molar-refractivity contribution in [1.29, 1.82) is 0 Å². The second kappa shape index (κ2) is 11.8. The highest BCUT2D eigenvalue weighted by atomic mass is 79.9. The van der Waals surface area contributed by atoms with E-state index in [1.165, 1.54) is 18.3 Å². The Balaban J connectivity index is 1.79. The fourth-order valence-electron chi connectivity index (χ4n) is 2.18. The third-order valence-corrected chi connectivity index (χ3v) is 4.52. The molecule has 2 rings (SSSR count). The van der Waals surface area contributed by atoms with Crippen molar-refractivity contribution in [2.24, 2.45) is 5.10 Å². The molecule has 8 nitrogen and oxygen atoms in total. The third kappa shape index (κ3) is 8.17. The lowest BCUT2D eigenvalue weighted by Crippen LogP contribution is -2.41. The van der Waals surface area contributed by atoms with Gasteiger partial charge in [0.15, 0.2) is 6.61 Å². The molecule has 0 aliphatic carbocycles. The molecule has 0 spiro atoms. The summed E-state index contributed by atoms with van der Waals surface area (Å²) in [5.74, 6) is -2.26. The van der Waals surface area contributed by atoms with Gasteiger partial charge < -0.3 is 15.4 Å². The molecule has 3 N–H and O–H groups in total. The summed E-state index contributed by atoms with van der Waals surface area (Å²) in [5, 5.41) is 8.69. The molecule has 0 aliphatic heterocycles. The number of nitrogens with one attached hydrogen (secondary N) is 3. The molecular formula is C21H22BrFN4O4. The molecule has 3 amide bonds. The molecule has 2 aromatic carbocycles. The number of hydrogen-bond acceptors (Lipinski definition) is 5. The SMILES string of the molecule is CC[C@@H](C)NC(=O)C(=O)N/N=C\c1ccc(OCC(=O)Nc2ccc(Br)cc2F)cc1. The maximum atomic E-state index is 13.7. The molecule has 0 radical (unpaired) electrons. The van der Waals surface area contributed by atoms with Crippen molar-refractivity contribution in [3.05, 3.63) is 58.3 Å². The number of benzene rings is 2.